The first-order chi connectivity index (χ1) is 15.0. The molecular formula is C25H25N3O2S. The Labute approximate surface area is 186 Å². The van der Waals surface area contributed by atoms with Gasteiger partial charge in [0.05, 0.1) is 22.9 Å². The third-order valence-corrected chi connectivity index (χ3v) is 5.90. The molecule has 0 fully saturated rings. The Morgan fingerprint density at radius 1 is 1.10 bits per heavy atom. The number of ether oxygens (including phenoxy) is 1. The maximum Gasteiger partial charge on any atom is 0.260 e. The van der Waals surface area contributed by atoms with Gasteiger partial charge >= 0.3 is 0 Å². The highest BCUT2D eigenvalue weighted by molar-refractivity contribution is 7.22. The number of rotatable bonds is 7. The minimum atomic E-state index is -0.102. The molecule has 4 rings (SSSR count). The van der Waals surface area contributed by atoms with Crippen molar-refractivity contribution in [3.05, 3.63) is 83.7 Å². The Bertz CT molecular complexity index is 1170. The first kappa shape index (κ1) is 21.0. The smallest absolute Gasteiger partial charge is 0.260 e. The monoisotopic (exact) mass is 431 g/mol. The van der Waals surface area contributed by atoms with E-state index in [-0.39, 0.29) is 12.0 Å². The molecular weight excluding hydrogens is 406 g/mol. The van der Waals surface area contributed by atoms with E-state index in [0.29, 0.717) is 17.2 Å². The minimum absolute atomic E-state index is 0.0828. The number of fused-ring (bicyclic) bond motifs is 1. The number of carbonyl (C=O) groups is 1. The molecule has 0 radical (unpaired) electrons. The van der Waals surface area contributed by atoms with Crippen molar-refractivity contribution in [2.45, 2.75) is 39.8 Å². The van der Waals surface area contributed by atoms with Crippen molar-refractivity contribution in [1.29, 1.82) is 0 Å². The van der Waals surface area contributed by atoms with Crippen LogP contribution in [0.25, 0.3) is 10.2 Å². The zero-order valence-corrected chi connectivity index (χ0v) is 18.7. The highest BCUT2D eigenvalue weighted by Gasteiger charge is 2.22. The van der Waals surface area contributed by atoms with E-state index in [1.807, 2.05) is 44.2 Å². The van der Waals surface area contributed by atoms with Crippen LogP contribution in [0.1, 0.15) is 42.3 Å². The molecule has 31 heavy (non-hydrogen) atoms. The Morgan fingerprint density at radius 3 is 2.58 bits per heavy atom. The second-order valence-corrected chi connectivity index (χ2v) is 8.60. The lowest BCUT2D eigenvalue weighted by Gasteiger charge is -2.20. The zero-order chi connectivity index (χ0) is 21.8. The number of nitrogens with zero attached hydrogens (tertiary/aromatic N) is 3. The molecule has 0 aliphatic rings. The molecule has 158 valence electrons. The van der Waals surface area contributed by atoms with Crippen molar-refractivity contribution in [2.24, 2.45) is 0 Å². The van der Waals surface area contributed by atoms with Crippen LogP contribution in [0, 0.1) is 0 Å². The molecule has 1 amide bonds. The second-order valence-electron chi connectivity index (χ2n) is 7.60. The third kappa shape index (κ3) is 4.91. The lowest BCUT2D eigenvalue weighted by atomic mass is 10.1. The maximum atomic E-state index is 13.5. The lowest BCUT2D eigenvalue weighted by Crippen LogP contribution is -2.30. The molecule has 0 saturated heterocycles. The van der Waals surface area contributed by atoms with Crippen LogP contribution in [0.2, 0.25) is 0 Å². The fourth-order valence-electron chi connectivity index (χ4n) is 3.30. The molecule has 6 heteroatoms. The van der Waals surface area contributed by atoms with Crippen LogP contribution < -0.4 is 9.64 Å². The number of hydrogen-bond donors (Lipinski definition) is 0. The van der Waals surface area contributed by atoms with Crippen LogP contribution in [-0.2, 0) is 13.0 Å². The molecule has 0 aliphatic heterocycles. The number of hydrogen-bond acceptors (Lipinski definition) is 5. The van der Waals surface area contributed by atoms with E-state index >= 15 is 0 Å². The highest BCUT2D eigenvalue weighted by atomic mass is 32.1. The van der Waals surface area contributed by atoms with Gasteiger partial charge in [0.25, 0.3) is 5.91 Å². The number of amides is 1. The van der Waals surface area contributed by atoms with Crippen LogP contribution >= 0.6 is 11.3 Å². The van der Waals surface area contributed by atoms with Crippen molar-refractivity contribution in [2.75, 3.05) is 4.90 Å². The summed E-state index contributed by atoms with van der Waals surface area (Å²) in [6, 6.07) is 17.4. The van der Waals surface area contributed by atoms with E-state index in [9.17, 15) is 4.79 Å². The summed E-state index contributed by atoms with van der Waals surface area (Å²) in [5, 5.41) is 0.680. The van der Waals surface area contributed by atoms with Gasteiger partial charge in [-0.05, 0) is 73.9 Å². The number of thiazole rings is 1. The van der Waals surface area contributed by atoms with Crippen molar-refractivity contribution in [1.82, 2.24) is 9.97 Å². The Kier molecular flexibility index (Phi) is 6.28. The number of anilines is 1. The van der Waals surface area contributed by atoms with Gasteiger partial charge < -0.3 is 4.74 Å². The van der Waals surface area contributed by atoms with Gasteiger partial charge in [-0.2, -0.15) is 0 Å². The fourth-order valence-corrected chi connectivity index (χ4v) is 4.32. The number of benzene rings is 2. The summed E-state index contributed by atoms with van der Waals surface area (Å²) in [6.07, 6.45) is 4.56. The molecule has 2 aromatic carbocycles. The molecule has 0 unspecified atom stereocenters. The molecule has 0 saturated carbocycles. The SMILES string of the molecule is CCc1ccc2nc(N(Cc3cccnc3)C(=O)c3ccc(OC(C)C)cc3)sc2c1. The van der Waals surface area contributed by atoms with E-state index in [1.54, 1.807) is 29.4 Å². The number of aromatic nitrogens is 2. The first-order valence-corrected chi connectivity index (χ1v) is 11.2. The minimum Gasteiger partial charge on any atom is -0.491 e. The van der Waals surface area contributed by atoms with Gasteiger partial charge in [-0.25, -0.2) is 4.98 Å². The van der Waals surface area contributed by atoms with Crippen molar-refractivity contribution >= 4 is 32.6 Å². The van der Waals surface area contributed by atoms with Crippen LogP contribution in [0.5, 0.6) is 5.75 Å². The third-order valence-electron chi connectivity index (χ3n) is 4.86. The van der Waals surface area contributed by atoms with E-state index in [1.165, 1.54) is 16.9 Å². The molecule has 4 aromatic rings. The van der Waals surface area contributed by atoms with Gasteiger partial charge in [-0.1, -0.05) is 30.4 Å². The Morgan fingerprint density at radius 2 is 1.90 bits per heavy atom. The van der Waals surface area contributed by atoms with Gasteiger partial charge in [0.15, 0.2) is 5.13 Å². The van der Waals surface area contributed by atoms with Gasteiger partial charge in [-0.15, -0.1) is 0 Å². The average Bonchev–Trinajstić information content (AvgIpc) is 3.20. The van der Waals surface area contributed by atoms with Gasteiger partial charge in [0, 0.05) is 18.0 Å². The van der Waals surface area contributed by atoms with Crippen LogP contribution in [0.15, 0.2) is 67.0 Å². The molecule has 2 heterocycles. The zero-order valence-electron chi connectivity index (χ0n) is 17.9. The average molecular weight is 432 g/mol. The van der Waals surface area contributed by atoms with Gasteiger partial charge in [0.2, 0.25) is 0 Å². The summed E-state index contributed by atoms with van der Waals surface area (Å²) in [4.78, 5) is 24.2. The summed E-state index contributed by atoms with van der Waals surface area (Å²) in [7, 11) is 0. The normalized spacial score (nSPS) is 11.1. The van der Waals surface area contributed by atoms with E-state index in [0.717, 1.165) is 28.0 Å². The standard InChI is InChI=1S/C25H25N3O2S/c1-4-18-7-12-22-23(14-18)31-25(27-22)28(16-19-6-5-13-26-15-19)24(29)20-8-10-21(11-9-20)30-17(2)3/h5-15,17H,4,16H2,1-3H3. The van der Waals surface area contributed by atoms with Gasteiger partial charge in [-0.3, -0.25) is 14.7 Å². The van der Waals surface area contributed by atoms with E-state index in [2.05, 4.69) is 24.0 Å². The van der Waals surface area contributed by atoms with Crippen LogP contribution in [0.4, 0.5) is 5.13 Å². The van der Waals surface area contributed by atoms with Crippen molar-refractivity contribution in [3.63, 3.8) is 0 Å². The summed E-state index contributed by atoms with van der Waals surface area (Å²) in [6.45, 7) is 6.49. The molecule has 0 bridgehead atoms. The summed E-state index contributed by atoms with van der Waals surface area (Å²) >= 11 is 1.54. The summed E-state index contributed by atoms with van der Waals surface area (Å²) in [5.74, 6) is 0.646. The largest absolute Gasteiger partial charge is 0.491 e. The van der Waals surface area contributed by atoms with Crippen LogP contribution in [-0.4, -0.2) is 22.0 Å². The second kappa shape index (κ2) is 9.27. The fraction of sp³-hybridized carbons (Fsp3) is 0.240. The molecule has 2 aromatic heterocycles. The molecule has 0 aliphatic carbocycles. The van der Waals surface area contributed by atoms with Crippen molar-refractivity contribution < 1.29 is 9.53 Å². The lowest BCUT2D eigenvalue weighted by molar-refractivity contribution is 0.0985. The predicted octanol–water partition coefficient (Wildman–Crippen LogP) is 5.89. The molecule has 0 atom stereocenters. The predicted molar refractivity (Wildman–Crippen MR) is 126 cm³/mol. The quantitative estimate of drug-likeness (QED) is 0.366. The summed E-state index contributed by atoms with van der Waals surface area (Å²) < 4.78 is 6.79. The summed E-state index contributed by atoms with van der Waals surface area (Å²) in [5.41, 5.74) is 3.70. The molecule has 0 N–H and O–H groups in total. The first-order valence-electron chi connectivity index (χ1n) is 10.4. The number of aryl methyl sites for hydroxylation is 1. The maximum absolute atomic E-state index is 13.5. The van der Waals surface area contributed by atoms with Gasteiger partial charge in [0.1, 0.15) is 5.75 Å². The molecule has 5 nitrogen and oxygen atoms in total. The Hall–Kier alpha value is -3.25. The Balaban J connectivity index is 1.69. The number of carbonyl (C=O) groups excluding carboxylic acids is 1. The van der Waals surface area contributed by atoms with E-state index < -0.39 is 0 Å². The van der Waals surface area contributed by atoms with Crippen LogP contribution in [0.3, 0.4) is 0 Å². The van der Waals surface area contributed by atoms with E-state index in [4.69, 9.17) is 9.72 Å². The highest BCUT2D eigenvalue weighted by Crippen LogP contribution is 2.32. The van der Waals surface area contributed by atoms with Crippen molar-refractivity contribution in [3.8, 4) is 5.75 Å². The molecule has 0 spiro atoms. The number of pyridine rings is 1. The topological polar surface area (TPSA) is 55.3 Å².